The van der Waals surface area contributed by atoms with Crippen LogP contribution in [-0.4, -0.2) is 61.2 Å². The summed E-state index contributed by atoms with van der Waals surface area (Å²) < 4.78 is 10.5. The molecule has 2 amide bonds. The molecule has 0 atom stereocenters. The first-order chi connectivity index (χ1) is 15.1. The van der Waals surface area contributed by atoms with E-state index < -0.39 is 0 Å². The fraction of sp³-hybridized carbons (Fsp3) is 0.304. The Morgan fingerprint density at radius 1 is 1.03 bits per heavy atom. The van der Waals surface area contributed by atoms with Gasteiger partial charge in [-0.25, -0.2) is 9.78 Å². The molecule has 0 spiro atoms. The second-order valence-corrected chi connectivity index (χ2v) is 8.22. The fourth-order valence-corrected chi connectivity index (χ4v) is 4.32. The summed E-state index contributed by atoms with van der Waals surface area (Å²) in [5.41, 5.74) is 2.79. The zero-order valence-corrected chi connectivity index (χ0v) is 18.5. The van der Waals surface area contributed by atoms with Crippen LogP contribution in [0.5, 0.6) is 11.5 Å². The Morgan fingerprint density at radius 3 is 2.48 bits per heavy atom. The van der Waals surface area contributed by atoms with Crippen molar-refractivity contribution in [1.82, 2.24) is 14.8 Å². The summed E-state index contributed by atoms with van der Waals surface area (Å²) in [4.78, 5) is 21.5. The van der Waals surface area contributed by atoms with Gasteiger partial charge in [0.2, 0.25) is 0 Å². The highest BCUT2D eigenvalue weighted by Crippen LogP contribution is 2.26. The molecular weight excluding hydrogens is 412 g/mol. The molecule has 162 valence electrons. The van der Waals surface area contributed by atoms with Crippen LogP contribution in [0.25, 0.3) is 11.3 Å². The lowest BCUT2D eigenvalue weighted by Crippen LogP contribution is -2.49. The number of carbonyl (C=O) groups excluding carboxylic acids is 1. The Bertz CT molecular complexity index is 1010. The van der Waals surface area contributed by atoms with Crippen molar-refractivity contribution in [2.24, 2.45) is 0 Å². The Kier molecular flexibility index (Phi) is 6.69. The largest absolute Gasteiger partial charge is 0.497 e. The van der Waals surface area contributed by atoms with E-state index in [9.17, 15) is 4.79 Å². The van der Waals surface area contributed by atoms with Crippen LogP contribution < -0.4 is 14.8 Å². The van der Waals surface area contributed by atoms with Crippen LogP contribution in [0.15, 0.2) is 53.9 Å². The van der Waals surface area contributed by atoms with Gasteiger partial charge in [-0.05, 0) is 36.4 Å². The SMILES string of the molecule is COc1ccc(NC(=O)N2CCN(Cc3nc(-c4cccc(OC)c4)cs3)CC2)cc1. The maximum absolute atomic E-state index is 12.5. The number of amides is 2. The summed E-state index contributed by atoms with van der Waals surface area (Å²) in [5, 5.41) is 6.11. The van der Waals surface area contributed by atoms with Crippen molar-refractivity contribution >= 4 is 23.1 Å². The number of rotatable bonds is 6. The first kappa shape index (κ1) is 21.1. The Labute approximate surface area is 186 Å². The molecule has 4 rings (SSSR count). The first-order valence-electron chi connectivity index (χ1n) is 10.2. The number of nitrogens with zero attached hydrogens (tertiary/aromatic N) is 3. The third-order valence-corrected chi connectivity index (χ3v) is 6.11. The van der Waals surface area contributed by atoms with Gasteiger partial charge >= 0.3 is 6.03 Å². The molecule has 1 aliphatic rings. The number of benzene rings is 2. The number of piperazine rings is 1. The van der Waals surface area contributed by atoms with E-state index >= 15 is 0 Å². The summed E-state index contributed by atoms with van der Waals surface area (Å²) in [6.45, 7) is 3.82. The topological polar surface area (TPSA) is 66.9 Å². The number of hydrogen-bond acceptors (Lipinski definition) is 6. The van der Waals surface area contributed by atoms with E-state index in [4.69, 9.17) is 14.5 Å². The van der Waals surface area contributed by atoms with E-state index in [-0.39, 0.29) is 6.03 Å². The lowest BCUT2D eigenvalue weighted by molar-refractivity contribution is 0.143. The van der Waals surface area contributed by atoms with Crippen molar-refractivity contribution in [3.05, 3.63) is 58.9 Å². The summed E-state index contributed by atoms with van der Waals surface area (Å²) in [5.74, 6) is 1.60. The average molecular weight is 439 g/mol. The van der Waals surface area contributed by atoms with E-state index in [2.05, 4.69) is 15.6 Å². The van der Waals surface area contributed by atoms with Crippen LogP contribution in [0.1, 0.15) is 5.01 Å². The second-order valence-electron chi connectivity index (χ2n) is 7.28. The Hall–Kier alpha value is -3.10. The van der Waals surface area contributed by atoms with Crippen LogP contribution in [0.4, 0.5) is 10.5 Å². The van der Waals surface area contributed by atoms with Gasteiger partial charge in [-0.15, -0.1) is 11.3 Å². The van der Waals surface area contributed by atoms with Gasteiger partial charge in [-0.1, -0.05) is 12.1 Å². The number of anilines is 1. The molecule has 2 heterocycles. The number of nitrogens with one attached hydrogen (secondary N) is 1. The maximum Gasteiger partial charge on any atom is 0.321 e. The first-order valence-corrected chi connectivity index (χ1v) is 11.0. The number of urea groups is 1. The predicted molar refractivity (Wildman–Crippen MR) is 123 cm³/mol. The summed E-state index contributed by atoms with van der Waals surface area (Å²) in [6.07, 6.45) is 0. The monoisotopic (exact) mass is 438 g/mol. The van der Waals surface area contributed by atoms with Crippen LogP contribution in [0.2, 0.25) is 0 Å². The summed E-state index contributed by atoms with van der Waals surface area (Å²) >= 11 is 1.67. The number of ether oxygens (including phenoxy) is 2. The minimum absolute atomic E-state index is 0.0700. The van der Waals surface area contributed by atoms with Gasteiger partial charge in [0.05, 0.1) is 26.5 Å². The summed E-state index contributed by atoms with van der Waals surface area (Å²) in [6, 6.07) is 15.2. The number of carbonyl (C=O) groups is 1. The van der Waals surface area contributed by atoms with Crippen molar-refractivity contribution in [3.63, 3.8) is 0 Å². The number of hydrogen-bond donors (Lipinski definition) is 1. The molecule has 2 aromatic carbocycles. The standard InChI is InChI=1S/C23H26N4O3S/c1-29-19-8-6-18(7-9-19)24-23(28)27-12-10-26(11-13-27)15-22-25-21(16-31-22)17-4-3-5-20(14-17)30-2/h3-9,14,16H,10-13,15H2,1-2H3,(H,24,28). The molecule has 8 heteroatoms. The maximum atomic E-state index is 12.5. The van der Waals surface area contributed by atoms with Gasteiger partial charge in [0.15, 0.2) is 0 Å². The fourth-order valence-electron chi connectivity index (χ4n) is 3.48. The van der Waals surface area contributed by atoms with Crippen LogP contribution in [-0.2, 0) is 6.54 Å². The molecule has 1 aromatic heterocycles. The highest BCUT2D eigenvalue weighted by atomic mass is 32.1. The molecule has 3 aromatic rings. The molecular formula is C23H26N4O3S. The lowest BCUT2D eigenvalue weighted by atomic mass is 10.2. The average Bonchev–Trinajstić information content (AvgIpc) is 3.28. The Morgan fingerprint density at radius 2 is 1.77 bits per heavy atom. The molecule has 1 saturated heterocycles. The van der Waals surface area contributed by atoms with Gasteiger partial charge < -0.3 is 19.7 Å². The van der Waals surface area contributed by atoms with Gasteiger partial charge in [0.25, 0.3) is 0 Å². The van der Waals surface area contributed by atoms with Gasteiger partial charge in [-0.3, -0.25) is 4.90 Å². The molecule has 1 N–H and O–H groups in total. The normalized spacial score (nSPS) is 14.3. The molecule has 0 bridgehead atoms. The van der Waals surface area contributed by atoms with Crippen LogP contribution >= 0.6 is 11.3 Å². The van der Waals surface area contributed by atoms with E-state index in [0.717, 1.165) is 53.1 Å². The lowest BCUT2D eigenvalue weighted by Gasteiger charge is -2.34. The van der Waals surface area contributed by atoms with E-state index in [1.165, 1.54) is 0 Å². The van der Waals surface area contributed by atoms with Gasteiger partial charge in [0.1, 0.15) is 16.5 Å². The van der Waals surface area contributed by atoms with Crippen molar-refractivity contribution in [2.45, 2.75) is 6.54 Å². The zero-order valence-electron chi connectivity index (χ0n) is 17.7. The van der Waals surface area contributed by atoms with Gasteiger partial charge in [-0.2, -0.15) is 0 Å². The molecule has 0 saturated carbocycles. The van der Waals surface area contributed by atoms with Crippen molar-refractivity contribution < 1.29 is 14.3 Å². The number of methoxy groups -OCH3 is 2. The molecule has 7 nitrogen and oxygen atoms in total. The minimum Gasteiger partial charge on any atom is -0.497 e. The summed E-state index contributed by atoms with van der Waals surface area (Å²) in [7, 11) is 3.29. The highest BCUT2D eigenvalue weighted by molar-refractivity contribution is 7.09. The Balaban J connectivity index is 1.28. The molecule has 31 heavy (non-hydrogen) atoms. The molecule has 0 aliphatic carbocycles. The van der Waals surface area contributed by atoms with Crippen molar-refractivity contribution in [1.29, 1.82) is 0 Å². The van der Waals surface area contributed by atoms with Crippen LogP contribution in [0, 0.1) is 0 Å². The molecule has 1 fully saturated rings. The van der Waals surface area contributed by atoms with E-state index in [1.807, 2.05) is 53.4 Å². The third-order valence-electron chi connectivity index (χ3n) is 5.28. The van der Waals surface area contributed by atoms with Crippen molar-refractivity contribution in [2.75, 3.05) is 45.7 Å². The van der Waals surface area contributed by atoms with E-state index in [1.54, 1.807) is 25.6 Å². The highest BCUT2D eigenvalue weighted by Gasteiger charge is 2.22. The number of thiazole rings is 1. The molecule has 1 aliphatic heterocycles. The van der Waals surface area contributed by atoms with Crippen molar-refractivity contribution in [3.8, 4) is 22.8 Å². The quantitative estimate of drug-likeness (QED) is 0.626. The minimum atomic E-state index is -0.0700. The smallest absolute Gasteiger partial charge is 0.321 e. The van der Waals surface area contributed by atoms with E-state index in [0.29, 0.717) is 13.1 Å². The van der Waals surface area contributed by atoms with Crippen LogP contribution in [0.3, 0.4) is 0 Å². The zero-order chi connectivity index (χ0) is 21.6. The van der Waals surface area contributed by atoms with Gasteiger partial charge in [0, 0.05) is 42.8 Å². The molecule has 0 unspecified atom stereocenters. The predicted octanol–water partition coefficient (Wildman–Crippen LogP) is 4.18. The number of aromatic nitrogens is 1. The molecule has 0 radical (unpaired) electrons. The second kappa shape index (κ2) is 9.80. The third kappa shape index (κ3) is 5.34.